The van der Waals surface area contributed by atoms with Crippen LogP contribution in [0, 0.1) is 0 Å². The van der Waals surface area contributed by atoms with Crippen molar-refractivity contribution in [1.29, 1.82) is 0 Å². The SMILES string of the molecule is CCCCc1ccc(S(=O)(=O)Nc2ccc(S(=O)(=O)Nc3cc(OC)ncn3)cc2)cc1. The van der Waals surface area contributed by atoms with Crippen molar-refractivity contribution in [3.63, 3.8) is 0 Å². The molecule has 3 rings (SSSR count). The zero-order valence-corrected chi connectivity index (χ0v) is 19.3. The van der Waals surface area contributed by atoms with Crippen molar-refractivity contribution in [3.05, 3.63) is 66.5 Å². The molecule has 0 saturated heterocycles. The van der Waals surface area contributed by atoms with E-state index >= 15 is 0 Å². The number of aryl methyl sites for hydroxylation is 1. The summed E-state index contributed by atoms with van der Waals surface area (Å²) < 4.78 is 60.2. The number of rotatable bonds is 10. The number of methoxy groups -OCH3 is 1. The number of hydrogen-bond acceptors (Lipinski definition) is 7. The molecule has 0 spiro atoms. The lowest BCUT2D eigenvalue weighted by Crippen LogP contribution is -2.15. The average Bonchev–Trinajstić information content (AvgIpc) is 2.78. The lowest BCUT2D eigenvalue weighted by Gasteiger charge is -2.11. The summed E-state index contributed by atoms with van der Waals surface area (Å²) in [4.78, 5) is 7.74. The highest BCUT2D eigenvalue weighted by Crippen LogP contribution is 2.21. The molecule has 0 amide bonds. The Hall–Kier alpha value is -3.18. The van der Waals surface area contributed by atoms with Gasteiger partial charge in [-0.3, -0.25) is 9.44 Å². The van der Waals surface area contributed by atoms with Gasteiger partial charge in [-0.15, -0.1) is 0 Å². The number of anilines is 2. The Labute approximate surface area is 188 Å². The number of ether oxygens (including phenoxy) is 1. The maximum Gasteiger partial charge on any atom is 0.263 e. The van der Waals surface area contributed by atoms with Crippen LogP contribution >= 0.6 is 0 Å². The smallest absolute Gasteiger partial charge is 0.263 e. The van der Waals surface area contributed by atoms with Crippen molar-refractivity contribution in [2.24, 2.45) is 0 Å². The molecule has 9 nitrogen and oxygen atoms in total. The van der Waals surface area contributed by atoms with Crippen LogP contribution in [-0.2, 0) is 26.5 Å². The number of nitrogens with zero attached hydrogens (tertiary/aromatic N) is 2. The standard InChI is InChI=1S/C21H24N4O5S2/c1-3-4-5-16-6-10-18(11-7-16)31(26,27)24-17-8-12-19(13-9-17)32(28,29)25-20-14-21(30-2)23-15-22-20/h6-15,24H,3-5H2,1-2H3,(H,22,23,25). The third-order valence-corrected chi connectivity index (χ3v) is 7.33. The van der Waals surface area contributed by atoms with Crippen LogP contribution in [0.5, 0.6) is 5.88 Å². The molecule has 1 heterocycles. The zero-order chi connectivity index (χ0) is 23.2. The van der Waals surface area contributed by atoms with Crippen molar-refractivity contribution in [2.75, 3.05) is 16.6 Å². The van der Waals surface area contributed by atoms with E-state index in [9.17, 15) is 16.8 Å². The van der Waals surface area contributed by atoms with E-state index in [1.54, 1.807) is 24.3 Å². The molecule has 0 aliphatic rings. The number of aromatic nitrogens is 2. The summed E-state index contributed by atoms with van der Waals surface area (Å²) >= 11 is 0. The molecule has 2 aromatic carbocycles. The van der Waals surface area contributed by atoms with Crippen LogP contribution in [-0.4, -0.2) is 33.9 Å². The monoisotopic (exact) mass is 476 g/mol. The van der Waals surface area contributed by atoms with Gasteiger partial charge in [0.25, 0.3) is 20.0 Å². The molecule has 0 radical (unpaired) electrons. The first kappa shape index (κ1) is 23.5. The van der Waals surface area contributed by atoms with E-state index in [0.717, 1.165) is 24.8 Å². The molecular formula is C21H24N4O5S2. The van der Waals surface area contributed by atoms with Crippen LogP contribution in [0.2, 0.25) is 0 Å². The van der Waals surface area contributed by atoms with Gasteiger partial charge in [-0.1, -0.05) is 25.5 Å². The highest BCUT2D eigenvalue weighted by Gasteiger charge is 2.18. The molecule has 32 heavy (non-hydrogen) atoms. The van der Waals surface area contributed by atoms with Gasteiger partial charge in [0, 0.05) is 11.8 Å². The highest BCUT2D eigenvalue weighted by atomic mass is 32.2. The average molecular weight is 477 g/mol. The fourth-order valence-electron chi connectivity index (χ4n) is 2.84. The molecule has 1 aromatic heterocycles. The van der Waals surface area contributed by atoms with Crippen LogP contribution < -0.4 is 14.2 Å². The van der Waals surface area contributed by atoms with E-state index in [1.807, 2.05) is 0 Å². The van der Waals surface area contributed by atoms with Gasteiger partial charge in [-0.25, -0.2) is 26.8 Å². The number of hydrogen-bond donors (Lipinski definition) is 2. The van der Waals surface area contributed by atoms with Crippen molar-refractivity contribution in [2.45, 2.75) is 36.0 Å². The van der Waals surface area contributed by atoms with Gasteiger partial charge in [-0.2, -0.15) is 0 Å². The van der Waals surface area contributed by atoms with Gasteiger partial charge < -0.3 is 4.74 Å². The minimum atomic E-state index is -3.94. The van der Waals surface area contributed by atoms with Crippen molar-refractivity contribution in [3.8, 4) is 5.88 Å². The third-order valence-electron chi connectivity index (χ3n) is 4.56. The molecular weight excluding hydrogens is 452 g/mol. The Morgan fingerprint density at radius 2 is 1.44 bits per heavy atom. The fourth-order valence-corrected chi connectivity index (χ4v) is 4.89. The summed E-state index contributed by atoms with van der Waals surface area (Å²) in [7, 11) is -6.33. The van der Waals surface area contributed by atoms with E-state index < -0.39 is 20.0 Å². The predicted octanol–water partition coefficient (Wildman–Crippen LogP) is 3.43. The molecule has 11 heteroatoms. The molecule has 0 bridgehead atoms. The summed E-state index contributed by atoms with van der Waals surface area (Å²) in [6.07, 6.45) is 4.18. The van der Waals surface area contributed by atoms with Gasteiger partial charge in [-0.05, 0) is 54.8 Å². The lowest BCUT2D eigenvalue weighted by atomic mass is 10.1. The summed E-state index contributed by atoms with van der Waals surface area (Å²) in [6, 6.07) is 13.4. The lowest BCUT2D eigenvalue weighted by molar-refractivity contribution is 0.397. The summed E-state index contributed by atoms with van der Waals surface area (Å²) in [6.45, 7) is 2.10. The van der Waals surface area contributed by atoms with Crippen LogP contribution in [0.15, 0.2) is 70.7 Å². The normalized spacial score (nSPS) is 11.7. The molecule has 0 saturated carbocycles. The summed E-state index contributed by atoms with van der Waals surface area (Å²) in [5.41, 5.74) is 1.32. The largest absolute Gasteiger partial charge is 0.481 e. The Morgan fingerprint density at radius 1 is 0.844 bits per heavy atom. The number of unbranched alkanes of at least 4 members (excludes halogenated alkanes) is 1. The molecule has 170 valence electrons. The molecule has 0 aliphatic carbocycles. The predicted molar refractivity (Wildman–Crippen MR) is 122 cm³/mol. The second kappa shape index (κ2) is 9.96. The second-order valence-corrected chi connectivity index (χ2v) is 10.3. The molecule has 3 aromatic rings. The van der Waals surface area contributed by atoms with E-state index in [4.69, 9.17) is 4.74 Å². The topological polar surface area (TPSA) is 127 Å². The minimum Gasteiger partial charge on any atom is -0.481 e. The van der Waals surface area contributed by atoms with Gasteiger partial charge in [0.1, 0.15) is 12.1 Å². The molecule has 0 fully saturated rings. The second-order valence-electron chi connectivity index (χ2n) is 6.93. The maximum absolute atomic E-state index is 12.6. The first-order valence-electron chi connectivity index (χ1n) is 9.84. The van der Waals surface area contributed by atoms with Crippen molar-refractivity contribution in [1.82, 2.24) is 9.97 Å². The van der Waals surface area contributed by atoms with E-state index in [0.29, 0.717) is 0 Å². The molecule has 2 N–H and O–H groups in total. The van der Waals surface area contributed by atoms with Gasteiger partial charge in [0.2, 0.25) is 5.88 Å². The Morgan fingerprint density at radius 3 is 2.03 bits per heavy atom. The Kier molecular flexibility index (Phi) is 7.31. The highest BCUT2D eigenvalue weighted by molar-refractivity contribution is 7.93. The number of benzene rings is 2. The van der Waals surface area contributed by atoms with Crippen LogP contribution in [0.3, 0.4) is 0 Å². The maximum atomic E-state index is 12.6. The zero-order valence-electron chi connectivity index (χ0n) is 17.6. The Bertz CT molecular complexity index is 1260. The number of sulfonamides is 2. The van der Waals surface area contributed by atoms with Crippen LogP contribution in [0.4, 0.5) is 11.5 Å². The van der Waals surface area contributed by atoms with E-state index in [2.05, 4.69) is 26.3 Å². The first-order valence-corrected chi connectivity index (χ1v) is 12.8. The minimum absolute atomic E-state index is 0.0454. The molecule has 0 unspecified atom stereocenters. The van der Waals surface area contributed by atoms with Crippen LogP contribution in [0.1, 0.15) is 25.3 Å². The third kappa shape index (κ3) is 5.95. The van der Waals surface area contributed by atoms with Crippen molar-refractivity contribution >= 4 is 31.6 Å². The van der Waals surface area contributed by atoms with Crippen LogP contribution in [0.25, 0.3) is 0 Å². The first-order chi connectivity index (χ1) is 15.2. The number of nitrogens with one attached hydrogen (secondary N) is 2. The van der Waals surface area contributed by atoms with Gasteiger partial charge in [0.15, 0.2) is 0 Å². The van der Waals surface area contributed by atoms with E-state index in [1.165, 1.54) is 43.8 Å². The van der Waals surface area contributed by atoms with Gasteiger partial charge in [0.05, 0.1) is 16.9 Å². The fraction of sp³-hybridized carbons (Fsp3) is 0.238. The molecule has 0 aliphatic heterocycles. The van der Waals surface area contributed by atoms with Gasteiger partial charge >= 0.3 is 0 Å². The Balaban J connectivity index is 1.71. The van der Waals surface area contributed by atoms with Crippen molar-refractivity contribution < 1.29 is 21.6 Å². The van der Waals surface area contributed by atoms with E-state index in [-0.39, 0.29) is 27.2 Å². The molecule has 0 atom stereocenters. The summed E-state index contributed by atoms with van der Waals surface area (Å²) in [5, 5.41) is 0. The quantitative estimate of drug-likeness (QED) is 0.459. The summed E-state index contributed by atoms with van der Waals surface area (Å²) in [5.74, 6) is 0.255.